The third-order valence-corrected chi connectivity index (χ3v) is 7.29. The molecule has 0 amide bonds. The lowest BCUT2D eigenvalue weighted by atomic mass is 9.49. The minimum Gasteiger partial charge on any atom is -0.462 e. The Morgan fingerprint density at radius 1 is 1.05 bits per heavy atom. The molecule has 3 heteroatoms. The van der Waals surface area contributed by atoms with Gasteiger partial charge in [0, 0.05) is 17.3 Å². The van der Waals surface area contributed by atoms with Crippen molar-refractivity contribution in [3.8, 4) is 0 Å². The van der Waals surface area contributed by atoms with Crippen LogP contribution in [0.4, 0.5) is 0 Å². The van der Waals surface area contributed by atoms with Gasteiger partial charge in [0.2, 0.25) is 0 Å². The van der Waals surface area contributed by atoms with E-state index in [1.165, 1.54) is 0 Å². The van der Waals surface area contributed by atoms with Gasteiger partial charge in [-0.25, -0.2) is 0 Å². The Morgan fingerprint density at radius 2 is 1.85 bits per heavy atom. The molecule has 6 atom stereocenters. The summed E-state index contributed by atoms with van der Waals surface area (Å²) in [5.74, 6) is 2.26. The fraction of sp³-hybridized carbons (Fsp3) is 0.882. The van der Waals surface area contributed by atoms with E-state index in [0.29, 0.717) is 30.0 Å². The zero-order valence-corrected chi connectivity index (χ0v) is 12.5. The number of carbonyl (C=O) groups excluding carboxylic acids is 2. The maximum atomic E-state index is 12.3. The summed E-state index contributed by atoms with van der Waals surface area (Å²) >= 11 is 0. The summed E-state index contributed by atoms with van der Waals surface area (Å²) in [6.07, 6.45) is 6.86. The lowest BCUT2D eigenvalue weighted by molar-refractivity contribution is -0.146. The number of esters is 1. The summed E-state index contributed by atoms with van der Waals surface area (Å²) in [5, 5.41) is 0. The average molecular weight is 276 g/mol. The summed E-state index contributed by atoms with van der Waals surface area (Å²) < 4.78 is 5.57. The second-order valence-corrected chi connectivity index (χ2v) is 8.03. The van der Waals surface area contributed by atoms with Crippen molar-refractivity contribution in [3.05, 3.63) is 0 Å². The van der Waals surface area contributed by atoms with Crippen LogP contribution >= 0.6 is 0 Å². The molecule has 1 saturated heterocycles. The van der Waals surface area contributed by atoms with Crippen LogP contribution in [-0.4, -0.2) is 17.9 Å². The van der Waals surface area contributed by atoms with Gasteiger partial charge in [0.15, 0.2) is 0 Å². The minimum atomic E-state index is -0.0617. The number of rotatable bonds is 0. The van der Waals surface area contributed by atoms with Gasteiger partial charge in [-0.1, -0.05) is 13.8 Å². The first-order valence-electron chi connectivity index (χ1n) is 8.18. The van der Waals surface area contributed by atoms with E-state index in [1.807, 2.05) is 0 Å². The van der Waals surface area contributed by atoms with Crippen molar-refractivity contribution in [2.45, 2.75) is 64.9 Å². The Morgan fingerprint density at radius 3 is 2.65 bits per heavy atom. The topological polar surface area (TPSA) is 43.4 Å². The summed E-state index contributed by atoms with van der Waals surface area (Å²) in [5.41, 5.74) is -0.0270. The number of carbonyl (C=O) groups is 2. The largest absolute Gasteiger partial charge is 0.462 e. The van der Waals surface area contributed by atoms with E-state index in [-0.39, 0.29) is 22.9 Å². The molecule has 4 fully saturated rings. The van der Waals surface area contributed by atoms with Crippen molar-refractivity contribution in [1.29, 1.82) is 0 Å². The van der Waals surface area contributed by atoms with Gasteiger partial charge in [-0.2, -0.15) is 0 Å². The first kappa shape index (κ1) is 12.8. The fourth-order valence-corrected chi connectivity index (χ4v) is 6.14. The smallest absolute Gasteiger partial charge is 0.306 e. The molecule has 3 saturated carbocycles. The van der Waals surface area contributed by atoms with Crippen LogP contribution in [0.15, 0.2) is 0 Å². The van der Waals surface area contributed by atoms with Crippen LogP contribution in [0.25, 0.3) is 0 Å². The Balaban J connectivity index is 1.68. The van der Waals surface area contributed by atoms with Crippen LogP contribution in [-0.2, 0) is 14.3 Å². The van der Waals surface area contributed by atoms with Crippen LogP contribution in [0.3, 0.4) is 0 Å². The Hall–Kier alpha value is -0.860. The molecule has 4 rings (SSSR count). The number of ketones is 1. The van der Waals surface area contributed by atoms with Gasteiger partial charge in [0.1, 0.15) is 11.9 Å². The lowest BCUT2D eigenvalue weighted by Crippen LogP contribution is -2.52. The molecule has 1 heterocycles. The number of ether oxygens (including phenoxy) is 1. The Kier molecular flexibility index (Phi) is 2.48. The summed E-state index contributed by atoms with van der Waals surface area (Å²) in [4.78, 5) is 24.0. The first-order valence-corrected chi connectivity index (χ1v) is 8.18. The predicted molar refractivity (Wildman–Crippen MR) is 73.9 cm³/mol. The molecule has 0 unspecified atom stereocenters. The molecule has 3 aliphatic carbocycles. The van der Waals surface area contributed by atoms with E-state index in [2.05, 4.69) is 13.8 Å². The molecule has 3 nitrogen and oxygen atoms in total. The van der Waals surface area contributed by atoms with E-state index in [4.69, 9.17) is 4.74 Å². The van der Waals surface area contributed by atoms with Crippen molar-refractivity contribution < 1.29 is 14.3 Å². The molecule has 0 spiro atoms. The highest BCUT2D eigenvalue weighted by Gasteiger charge is 2.62. The van der Waals surface area contributed by atoms with Gasteiger partial charge < -0.3 is 4.74 Å². The monoisotopic (exact) mass is 276 g/mol. The molecular formula is C17H24O3. The van der Waals surface area contributed by atoms with Gasteiger partial charge in [0.25, 0.3) is 0 Å². The highest BCUT2D eigenvalue weighted by Crippen LogP contribution is 2.63. The Labute approximate surface area is 120 Å². The van der Waals surface area contributed by atoms with E-state index < -0.39 is 0 Å². The molecule has 0 radical (unpaired) electrons. The van der Waals surface area contributed by atoms with Gasteiger partial charge in [-0.3, -0.25) is 9.59 Å². The molecule has 110 valence electrons. The van der Waals surface area contributed by atoms with Crippen LogP contribution in [0, 0.1) is 28.6 Å². The van der Waals surface area contributed by atoms with Crippen molar-refractivity contribution >= 4 is 11.8 Å². The van der Waals surface area contributed by atoms with Crippen LogP contribution in [0.5, 0.6) is 0 Å². The molecule has 0 bridgehead atoms. The first-order chi connectivity index (χ1) is 9.45. The third kappa shape index (κ3) is 1.42. The zero-order valence-electron chi connectivity index (χ0n) is 12.5. The SMILES string of the molecule is C[C@]12CC(=O)O[C@H]1CC[C@@H]1[C@@H]2CC[C@]2(C)C(=O)CC[C@@H]12. The molecule has 0 N–H and O–H groups in total. The van der Waals surface area contributed by atoms with Gasteiger partial charge in [0.05, 0.1) is 6.42 Å². The zero-order chi connectivity index (χ0) is 14.1. The minimum absolute atomic E-state index is 0.00557. The fourth-order valence-electron chi connectivity index (χ4n) is 6.14. The highest BCUT2D eigenvalue weighted by molar-refractivity contribution is 5.87. The maximum absolute atomic E-state index is 12.3. The lowest BCUT2D eigenvalue weighted by Gasteiger charge is -2.54. The van der Waals surface area contributed by atoms with Crippen molar-refractivity contribution in [1.82, 2.24) is 0 Å². The number of fused-ring (bicyclic) bond motifs is 5. The van der Waals surface area contributed by atoms with Gasteiger partial charge >= 0.3 is 5.97 Å². The van der Waals surface area contributed by atoms with Crippen LogP contribution in [0.1, 0.15) is 58.8 Å². The summed E-state index contributed by atoms with van der Waals surface area (Å²) in [7, 11) is 0. The molecular weight excluding hydrogens is 252 g/mol. The van der Waals surface area contributed by atoms with Crippen LogP contribution in [0.2, 0.25) is 0 Å². The van der Waals surface area contributed by atoms with Crippen molar-refractivity contribution in [2.75, 3.05) is 0 Å². The highest BCUT2D eigenvalue weighted by atomic mass is 16.6. The average Bonchev–Trinajstić information content (AvgIpc) is 2.86. The normalized spacial score (nSPS) is 54.1. The molecule has 0 aromatic carbocycles. The molecule has 1 aliphatic heterocycles. The molecule has 4 aliphatic rings. The van der Waals surface area contributed by atoms with Crippen molar-refractivity contribution in [3.63, 3.8) is 0 Å². The summed E-state index contributed by atoms with van der Waals surface area (Å²) in [6.45, 7) is 4.47. The second kappa shape index (κ2) is 3.86. The third-order valence-electron chi connectivity index (χ3n) is 7.29. The van der Waals surface area contributed by atoms with E-state index in [9.17, 15) is 9.59 Å². The van der Waals surface area contributed by atoms with Crippen molar-refractivity contribution in [2.24, 2.45) is 28.6 Å². The van der Waals surface area contributed by atoms with Gasteiger partial charge in [-0.15, -0.1) is 0 Å². The predicted octanol–water partition coefficient (Wildman–Crippen LogP) is 3.11. The molecule has 20 heavy (non-hydrogen) atoms. The Bertz CT molecular complexity index is 485. The number of hydrogen-bond donors (Lipinski definition) is 0. The molecule has 0 aromatic heterocycles. The van der Waals surface area contributed by atoms with Crippen LogP contribution < -0.4 is 0 Å². The van der Waals surface area contributed by atoms with E-state index >= 15 is 0 Å². The number of Topliss-reactive ketones (excluding diaryl/α,β-unsaturated/α-hetero) is 1. The number of hydrogen-bond acceptors (Lipinski definition) is 3. The van der Waals surface area contributed by atoms with E-state index in [0.717, 1.165) is 38.5 Å². The standard InChI is InChI=1S/C17H24O3/c1-16-8-7-12-10(11(16)4-5-13(16)18)3-6-14-17(12,2)9-15(19)20-14/h10-12,14H,3-9H2,1-2H3/t10-,11-,12-,14-,16-,17+/m0/s1. The second-order valence-electron chi connectivity index (χ2n) is 8.03. The van der Waals surface area contributed by atoms with Gasteiger partial charge in [-0.05, 0) is 49.9 Å². The maximum Gasteiger partial charge on any atom is 0.306 e. The quantitative estimate of drug-likeness (QED) is 0.638. The molecule has 0 aromatic rings. The van der Waals surface area contributed by atoms with E-state index in [1.54, 1.807) is 0 Å². The summed E-state index contributed by atoms with van der Waals surface area (Å²) in [6, 6.07) is 0.